The smallest absolute Gasteiger partial charge is 0.136 e. The minimum Gasteiger partial charge on any atom is -0.493 e. The number of hydrogen-bond donors (Lipinski definition) is 1. The first-order valence-electron chi connectivity index (χ1n) is 5.85. The number of ether oxygens (including phenoxy) is 1. The van der Waals surface area contributed by atoms with Crippen molar-refractivity contribution < 1.29 is 9.13 Å². The summed E-state index contributed by atoms with van der Waals surface area (Å²) in [6.07, 6.45) is 2.37. The summed E-state index contributed by atoms with van der Waals surface area (Å²) in [5, 5.41) is 0. The molecule has 0 aliphatic rings. The molecule has 18 heavy (non-hydrogen) atoms. The zero-order valence-electron chi connectivity index (χ0n) is 10.2. The molecule has 1 aromatic carbocycles. The molecule has 0 saturated heterocycles. The van der Waals surface area contributed by atoms with Gasteiger partial charge in [-0.15, -0.1) is 0 Å². The van der Waals surface area contributed by atoms with E-state index in [0.29, 0.717) is 29.3 Å². The van der Waals surface area contributed by atoms with Crippen LogP contribution in [0, 0.1) is 5.82 Å². The van der Waals surface area contributed by atoms with Crippen LogP contribution in [-0.4, -0.2) is 11.6 Å². The van der Waals surface area contributed by atoms with Crippen LogP contribution in [0.3, 0.4) is 0 Å². The van der Waals surface area contributed by atoms with E-state index < -0.39 is 0 Å². The second-order valence-corrected chi connectivity index (χ2v) is 3.94. The molecule has 0 bridgehead atoms. The number of rotatable bonds is 4. The fourth-order valence-corrected chi connectivity index (χ4v) is 1.64. The Morgan fingerprint density at radius 2 is 2.11 bits per heavy atom. The average molecular weight is 246 g/mol. The Morgan fingerprint density at radius 1 is 1.28 bits per heavy atom. The van der Waals surface area contributed by atoms with Crippen molar-refractivity contribution in [2.45, 2.75) is 13.3 Å². The standard InChI is InChI=1S/C14H15FN2O/c1-2-8-18-13-5-3-4-11(15)14(13)12-7-6-10(16)9-17-12/h3-7,9H,2,8,16H2,1H3. The van der Waals surface area contributed by atoms with Gasteiger partial charge < -0.3 is 10.5 Å². The Hall–Kier alpha value is -2.10. The number of nitrogen functional groups attached to an aromatic ring is 1. The first-order valence-corrected chi connectivity index (χ1v) is 5.85. The average Bonchev–Trinajstić information content (AvgIpc) is 2.38. The maximum Gasteiger partial charge on any atom is 0.136 e. The summed E-state index contributed by atoms with van der Waals surface area (Å²) in [6.45, 7) is 2.55. The van der Waals surface area contributed by atoms with E-state index in [1.807, 2.05) is 6.92 Å². The Kier molecular flexibility index (Phi) is 3.77. The molecule has 0 amide bonds. The Labute approximate surface area is 105 Å². The number of pyridine rings is 1. The van der Waals surface area contributed by atoms with E-state index in [-0.39, 0.29) is 5.82 Å². The summed E-state index contributed by atoms with van der Waals surface area (Å²) >= 11 is 0. The van der Waals surface area contributed by atoms with Crippen molar-refractivity contribution in [3.05, 3.63) is 42.3 Å². The monoisotopic (exact) mass is 246 g/mol. The van der Waals surface area contributed by atoms with E-state index in [1.165, 1.54) is 12.3 Å². The molecule has 2 rings (SSSR count). The van der Waals surface area contributed by atoms with Gasteiger partial charge in [0.1, 0.15) is 11.6 Å². The normalized spacial score (nSPS) is 10.3. The molecular formula is C14H15FN2O. The molecule has 2 N–H and O–H groups in total. The van der Waals surface area contributed by atoms with Crippen LogP contribution >= 0.6 is 0 Å². The molecule has 0 atom stereocenters. The molecule has 0 aliphatic carbocycles. The predicted octanol–water partition coefficient (Wildman–Crippen LogP) is 3.26. The lowest BCUT2D eigenvalue weighted by atomic mass is 10.1. The van der Waals surface area contributed by atoms with Crippen LogP contribution in [-0.2, 0) is 0 Å². The molecule has 1 aromatic heterocycles. The summed E-state index contributed by atoms with van der Waals surface area (Å²) < 4.78 is 19.5. The maximum atomic E-state index is 13.9. The van der Waals surface area contributed by atoms with Gasteiger partial charge in [-0.2, -0.15) is 0 Å². The number of halogens is 1. The highest BCUT2D eigenvalue weighted by atomic mass is 19.1. The second-order valence-electron chi connectivity index (χ2n) is 3.94. The third kappa shape index (κ3) is 2.59. The van der Waals surface area contributed by atoms with Crippen molar-refractivity contribution in [3.63, 3.8) is 0 Å². The van der Waals surface area contributed by atoms with Crippen LogP contribution in [0.4, 0.5) is 10.1 Å². The number of aromatic nitrogens is 1. The molecular weight excluding hydrogens is 231 g/mol. The molecule has 0 radical (unpaired) electrons. The Morgan fingerprint density at radius 3 is 2.78 bits per heavy atom. The van der Waals surface area contributed by atoms with E-state index >= 15 is 0 Å². The van der Waals surface area contributed by atoms with Gasteiger partial charge in [-0.05, 0) is 30.7 Å². The lowest BCUT2D eigenvalue weighted by Gasteiger charge is -2.11. The van der Waals surface area contributed by atoms with Gasteiger partial charge in [0.05, 0.1) is 29.7 Å². The van der Waals surface area contributed by atoms with Crippen molar-refractivity contribution >= 4 is 5.69 Å². The Balaban J connectivity index is 2.44. The minimum absolute atomic E-state index is 0.346. The van der Waals surface area contributed by atoms with E-state index in [0.717, 1.165) is 6.42 Å². The molecule has 1 heterocycles. The quantitative estimate of drug-likeness (QED) is 0.900. The maximum absolute atomic E-state index is 13.9. The van der Waals surface area contributed by atoms with Crippen LogP contribution in [0.5, 0.6) is 5.75 Å². The highest BCUT2D eigenvalue weighted by molar-refractivity contribution is 5.68. The molecule has 3 nitrogen and oxygen atoms in total. The minimum atomic E-state index is -0.346. The molecule has 0 unspecified atom stereocenters. The Bertz CT molecular complexity index is 526. The van der Waals surface area contributed by atoms with Gasteiger partial charge in [-0.3, -0.25) is 4.98 Å². The molecule has 0 saturated carbocycles. The third-order valence-corrected chi connectivity index (χ3v) is 2.48. The number of anilines is 1. The summed E-state index contributed by atoms with van der Waals surface area (Å²) in [5.74, 6) is 0.162. The van der Waals surface area contributed by atoms with Crippen LogP contribution in [0.15, 0.2) is 36.5 Å². The van der Waals surface area contributed by atoms with E-state index in [9.17, 15) is 4.39 Å². The van der Waals surface area contributed by atoms with E-state index in [2.05, 4.69) is 4.98 Å². The van der Waals surface area contributed by atoms with Crippen molar-refractivity contribution in [1.29, 1.82) is 0 Å². The largest absolute Gasteiger partial charge is 0.493 e. The van der Waals surface area contributed by atoms with Crippen LogP contribution in [0.2, 0.25) is 0 Å². The molecule has 0 spiro atoms. The number of benzene rings is 1. The van der Waals surface area contributed by atoms with Gasteiger partial charge in [0, 0.05) is 0 Å². The highest BCUT2D eigenvalue weighted by Crippen LogP contribution is 2.31. The van der Waals surface area contributed by atoms with E-state index in [1.54, 1.807) is 24.3 Å². The molecule has 0 aliphatic heterocycles. The van der Waals surface area contributed by atoms with Crippen LogP contribution < -0.4 is 10.5 Å². The number of nitrogens with zero attached hydrogens (tertiary/aromatic N) is 1. The molecule has 4 heteroatoms. The first-order chi connectivity index (χ1) is 8.72. The fraction of sp³-hybridized carbons (Fsp3) is 0.214. The summed E-state index contributed by atoms with van der Waals surface area (Å²) in [4.78, 5) is 4.13. The van der Waals surface area contributed by atoms with Gasteiger partial charge in [-0.25, -0.2) is 4.39 Å². The topological polar surface area (TPSA) is 48.1 Å². The zero-order valence-corrected chi connectivity index (χ0v) is 10.2. The molecule has 2 aromatic rings. The second kappa shape index (κ2) is 5.49. The summed E-state index contributed by atoms with van der Waals surface area (Å²) in [6, 6.07) is 8.14. The predicted molar refractivity (Wildman–Crippen MR) is 69.8 cm³/mol. The van der Waals surface area contributed by atoms with Crippen LogP contribution in [0.1, 0.15) is 13.3 Å². The van der Waals surface area contributed by atoms with Gasteiger partial charge in [-0.1, -0.05) is 13.0 Å². The van der Waals surface area contributed by atoms with Crippen molar-refractivity contribution in [2.75, 3.05) is 12.3 Å². The van der Waals surface area contributed by atoms with E-state index in [4.69, 9.17) is 10.5 Å². The van der Waals surface area contributed by atoms with Gasteiger partial charge in [0.25, 0.3) is 0 Å². The lowest BCUT2D eigenvalue weighted by Crippen LogP contribution is -1.99. The summed E-state index contributed by atoms with van der Waals surface area (Å²) in [7, 11) is 0. The van der Waals surface area contributed by atoms with Gasteiger partial charge >= 0.3 is 0 Å². The van der Waals surface area contributed by atoms with Gasteiger partial charge in [0.15, 0.2) is 0 Å². The number of hydrogen-bond acceptors (Lipinski definition) is 3. The van der Waals surface area contributed by atoms with Crippen molar-refractivity contribution in [2.24, 2.45) is 0 Å². The fourth-order valence-electron chi connectivity index (χ4n) is 1.64. The lowest BCUT2D eigenvalue weighted by molar-refractivity contribution is 0.317. The summed E-state index contributed by atoms with van der Waals surface area (Å²) in [5.41, 5.74) is 7.02. The van der Waals surface area contributed by atoms with Gasteiger partial charge in [0.2, 0.25) is 0 Å². The first kappa shape index (κ1) is 12.4. The molecule has 0 fully saturated rings. The van der Waals surface area contributed by atoms with Crippen molar-refractivity contribution in [1.82, 2.24) is 4.98 Å². The van der Waals surface area contributed by atoms with Crippen LogP contribution in [0.25, 0.3) is 11.3 Å². The van der Waals surface area contributed by atoms with Crippen molar-refractivity contribution in [3.8, 4) is 17.0 Å². The molecule has 94 valence electrons. The third-order valence-electron chi connectivity index (χ3n) is 2.48. The highest BCUT2D eigenvalue weighted by Gasteiger charge is 2.12. The SMILES string of the molecule is CCCOc1cccc(F)c1-c1ccc(N)cn1. The zero-order chi connectivity index (χ0) is 13.0. The number of nitrogens with two attached hydrogens (primary N) is 1.